The molecular weight excluding hydrogens is 335 g/mol. The number of aromatic carboxylic acids is 1. The van der Waals surface area contributed by atoms with Gasteiger partial charge in [0.15, 0.2) is 5.78 Å². The number of imidazole rings is 1. The van der Waals surface area contributed by atoms with Crippen LogP contribution in [0.3, 0.4) is 0 Å². The van der Waals surface area contributed by atoms with Gasteiger partial charge in [-0.2, -0.15) is 0 Å². The van der Waals surface area contributed by atoms with Crippen LogP contribution < -0.4 is 4.65 Å². The van der Waals surface area contributed by atoms with Crippen LogP contribution in [0.15, 0.2) is 42.7 Å². The number of aromatic nitrogens is 2. The van der Waals surface area contributed by atoms with Gasteiger partial charge in [-0.25, -0.2) is 9.78 Å². The zero-order chi connectivity index (χ0) is 18.3. The lowest BCUT2D eigenvalue weighted by Crippen LogP contribution is -2.35. The first kappa shape index (κ1) is 16.3. The maximum atomic E-state index is 12.6. The molecule has 1 atom stereocenters. The van der Waals surface area contributed by atoms with Gasteiger partial charge in [0.05, 0.1) is 22.9 Å². The number of carboxylic acids is 1. The Morgan fingerprint density at radius 3 is 2.96 bits per heavy atom. The summed E-state index contributed by atoms with van der Waals surface area (Å²) >= 11 is 0. The highest BCUT2D eigenvalue weighted by Crippen LogP contribution is 2.36. The molecule has 2 heterocycles. The first-order chi connectivity index (χ1) is 12.5. The lowest BCUT2D eigenvalue weighted by molar-refractivity contribution is 0.0693. The molecule has 0 bridgehead atoms. The molecule has 2 aromatic carbocycles. The molecular formula is C18H15BN2O5. The predicted octanol–water partition coefficient (Wildman–Crippen LogP) is 2.32. The fourth-order valence-electron chi connectivity index (χ4n) is 3.29. The van der Waals surface area contributed by atoms with Crippen LogP contribution in [0.1, 0.15) is 32.7 Å². The summed E-state index contributed by atoms with van der Waals surface area (Å²) in [5.74, 6) is -1.50. The molecule has 8 heteroatoms. The van der Waals surface area contributed by atoms with E-state index in [4.69, 9.17) is 4.65 Å². The minimum Gasteiger partial charge on any atom is -0.535 e. The highest BCUT2D eigenvalue weighted by molar-refractivity contribution is 6.47. The Morgan fingerprint density at radius 1 is 1.31 bits per heavy atom. The average Bonchev–Trinajstić information content (AvgIpc) is 3.09. The fourth-order valence-corrected chi connectivity index (χ4v) is 3.29. The Hall–Kier alpha value is -3.13. The molecule has 130 valence electrons. The number of benzene rings is 2. The number of nitrogens with zero attached hydrogens (tertiary/aromatic N) is 1. The third-order valence-corrected chi connectivity index (χ3v) is 4.64. The minimum absolute atomic E-state index is 0.0102. The van der Waals surface area contributed by atoms with Crippen LogP contribution in [0, 0.1) is 0 Å². The molecule has 0 amide bonds. The lowest BCUT2D eigenvalue weighted by Gasteiger charge is -2.28. The van der Waals surface area contributed by atoms with E-state index in [0.29, 0.717) is 17.5 Å². The number of para-hydroxylation sites is 1. The molecule has 0 fully saturated rings. The summed E-state index contributed by atoms with van der Waals surface area (Å²) < 4.78 is 5.44. The monoisotopic (exact) mass is 350 g/mol. The van der Waals surface area contributed by atoms with Gasteiger partial charge in [-0.1, -0.05) is 12.1 Å². The summed E-state index contributed by atoms with van der Waals surface area (Å²) in [4.78, 5) is 31.0. The second-order valence-electron chi connectivity index (χ2n) is 6.33. The van der Waals surface area contributed by atoms with Crippen molar-refractivity contribution in [1.29, 1.82) is 0 Å². The van der Waals surface area contributed by atoms with E-state index in [1.165, 1.54) is 6.07 Å². The largest absolute Gasteiger partial charge is 0.535 e. The molecule has 3 aromatic rings. The van der Waals surface area contributed by atoms with Gasteiger partial charge in [-0.3, -0.25) is 4.79 Å². The maximum absolute atomic E-state index is 12.6. The van der Waals surface area contributed by atoms with E-state index in [1.807, 2.05) is 0 Å². The third-order valence-electron chi connectivity index (χ3n) is 4.64. The Kier molecular flexibility index (Phi) is 3.97. The molecule has 1 aliphatic rings. The van der Waals surface area contributed by atoms with Crippen molar-refractivity contribution >= 4 is 29.9 Å². The highest BCUT2D eigenvalue weighted by Gasteiger charge is 2.37. The molecule has 0 saturated carbocycles. The molecule has 1 aliphatic heterocycles. The quantitative estimate of drug-likeness (QED) is 0.492. The molecule has 7 nitrogen and oxygen atoms in total. The van der Waals surface area contributed by atoms with Crippen molar-refractivity contribution in [3.63, 3.8) is 0 Å². The van der Waals surface area contributed by atoms with Crippen molar-refractivity contribution in [2.24, 2.45) is 0 Å². The number of nitrogens with one attached hydrogen (secondary N) is 1. The number of carboxylic acid groups (broad SMARTS) is 1. The van der Waals surface area contributed by atoms with Crippen molar-refractivity contribution in [3.8, 4) is 5.75 Å². The van der Waals surface area contributed by atoms with E-state index in [0.717, 1.165) is 11.0 Å². The van der Waals surface area contributed by atoms with Crippen molar-refractivity contribution < 1.29 is 24.4 Å². The fraction of sp³-hybridized carbons (Fsp3) is 0.167. The number of H-pyrrole nitrogens is 1. The molecule has 26 heavy (non-hydrogen) atoms. The molecule has 0 spiro atoms. The Balaban J connectivity index is 1.56. The second-order valence-corrected chi connectivity index (χ2v) is 6.33. The zero-order valence-corrected chi connectivity index (χ0v) is 13.7. The van der Waals surface area contributed by atoms with Crippen LogP contribution in [-0.2, 0) is 6.42 Å². The highest BCUT2D eigenvalue weighted by atomic mass is 16.5. The third kappa shape index (κ3) is 2.84. The number of aromatic amines is 1. The number of rotatable bonds is 4. The van der Waals surface area contributed by atoms with Crippen molar-refractivity contribution in [2.75, 3.05) is 0 Å². The normalized spacial score (nSPS) is 16.2. The molecule has 0 aliphatic carbocycles. The molecule has 0 unspecified atom stereocenters. The van der Waals surface area contributed by atoms with Crippen molar-refractivity contribution in [2.45, 2.75) is 18.7 Å². The minimum atomic E-state index is -1.23. The smallest absolute Gasteiger partial charge is 0.526 e. The summed E-state index contributed by atoms with van der Waals surface area (Å²) in [6.07, 6.45) is 2.03. The van der Waals surface area contributed by atoms with Gasteiger partial charge >= 0.3 is 13.1 Å². The van der Waals surface area contributed by atoms with Crippen molar-refractivity contribution in [1.82, 2.24) is 9.97 Å². The van der Waals surface area contributed by atoms with Gasteiger partial charge in [0, 0.05) is 17.8 Å². The Morgan fingerprint density at radius 2 is 2.15 bits per heavy atom. The first-order valence-electron chi connectivity index (χ1n) is 8.19. The number of carbonyl (C=O) groups is 2. The van der Waals surface area contributed by atoms with E-state index < -0.39 is 18.9 Å². The van der Waals surface area contributed by atoms with Gasteiger partial charge in [0.1, 0.15) is 5.75 Å². The molecule has 0 radical (unpaired) electrons. The average molecular weight is 350 g/mol. The Bertz CT molecular complexity index is 1020. The molecule has 3 N–H and O–H groups in total. The van der Waals surface area contributed by atoms with E-state index in [-0.39, 0.29) is 23.5 Å². The summed E-state index contributed by atoms with van der Waals surface area (Å²) in [5, 5.41) is 19.5. The van der Waals surface area contributed by atoms with Crippen LogP contribution in [0.5, 0.6) is 5.75 Å². The summed E-state index contributed by atoms with van der Waals surface area (Å²) in [6, 6.07) is 10.0. The standard InChI is InChI=1S/C18H15BN2O5/c22-16(10-4-5-14-15(7-10)21-9-20-14)8-12-6-11-2-1-3-13(18(23)24)17(11)26-19(12)25/h1-5,7,9,12,25H,6,8H2,(H,20,21)(H,23,24)/t12-/m1/s1. The van der Waals surface area contributed by atoms with E-state index in [1.54, 1.807) is 36.7 Å². The lowest BCUT2D eigenvalue weighted by atomic mass is 9.64. The zero-order valence-electron chi connectivity index (χ0n) is 13.7. The number of ketones is 1. The van der Waals surface area contributed by atoms with Gasteiger partial charge in [0.2, 0.25) is 0 Å². The van der Waals surface area contributed by atoms with Crippen LogP contribution in [0.2, 0.25) is 5.82 Å². The number of hydrogen-bond acceptors (Lipinski definition) is 5. The second kappa shape index (κ2) is 6.31. The summed E-state index contributed by atoms with van der Waals surface area (Å²) in [5.41, 5.74) is 2.76. The topological polar surface area (TPSA) is 113 Å². The summed E-state index contributed by atoms with van der Waals surface area (Å²) in [7, 11) is -1.23. The number of carbonyl (C=O) groups excluding carboxylic acids is 1. The van der Waals surface area contributed by atoms with Gasteiger partial charge in [0.25, 0.3) is 0 Å². The van der Waals surface area contributed by atoms with Gasteiger partial charge in [-0.15, -0.1) is 0 Å². The Labute approximate surface area is 148 Å². The molecule has 0 saturated heterocycles. The van der Waals surface area contributed by atoms with E-state index >= 15 is 0 Å². The number of hydrogen-bond donors (Lipinski definition) is 3. The number of fused-ring (bicyclic) bond motifs is 2. The van der Waals surface area contributed by atoms with Gasteiger partial charge < -0.3 is 19.8 Å². The molecule has 4 rings (SSSR count). The van der Waals surface area contributed by atoms with E-state index in [2.05, 4.69) is 9.97 Å². The van der Waals surface area contributed by atoms with E-state index in [9.17, 15) is 19.7 Å². The van der Waals surface area contributed by atoms with Crippen LogP contribution in [0.25, 0.3) is 11.0 Å². The van der Waals surface area contributed by atoms with Gasteiger partial charge in [-0.05, 0) is 36.2 Å². The van der Waals surface area contributed by atoms with Crippen LogP contribution in [0.4, 0.5) is 0 Å². The summed E-state index contributed by atoms with van der Waals surface area (Å²) in [6.45, 7) is 0. The molecule has 1 aromatic heterocycles. The van der Waals surface area contributed by atoms with Crippen LogP contribution in [-0.4, -0.2) is 39.0 Å². The maximum Gasteiger partial charge on any atom is 0.526 e. The first-order valence-corrected chi connectivity index (χ1v) is 8.19. The van der Waals surface area contributed by atoms with Crippen LogP contribution >= 0.6 is 0 Å². The predicted molar refractivity (Wildman–Crippen MR) is 94.5 cm³/mol. The van der Waals surface area contributed by atoms with Crippen molar-refractivity contribution in [3.05, 3.63) is 59.4 Å². The number of Topliss-reactive ketones (excluding diaryl/α,β-unsaturated/α-hetero) is 1. The SMILES string of the molecule is O=C(C[C@H]1Cc2cccc(C(=O)O)c2OB1O)c1ccc2nc[nH]c2c1.